The molecule has 0 saturated carbocycles. The molecule has 1 N–H and O–H groups in total. The van der Waals surface area contributed by atoms with Crippen LogP contribution in [0.3, 0.4) is 0 Å². The third-order valence-corrected chi connectivity index (χ3v) is 4.08. The number of amides is 1. The Balaban J connectivity index is 1.90. The molecule has 1 aliphatic heterocycles. The van der Waals surface area contributed by atoms with Gasteiger partial charge in [-0.05, 0) is 57.8 Å². The van der Waals surface area contributed by atoms with Crippen LogP contribution in [-0.2, 0) is 4.79 Å². The van der Waals surface area contributed by atoms with E-state index in [1.807, 2.05) is 25.8 Å². The van der Waals surface area contributed by atoms with Gasteiger partial charge in [-0.25, -0.2) is 0 Å². The van der Waals surface area contributed by atoms with Crippen LogP contribution in [-0.4, -0.2) is 44.1 Å². The highest BCUT2D eigenvalue weighted by Crippen LogP contribution is 2.24. The van der Waals surface area contributed by atoms with Gasteiger partial charge in [-0.1, -0.05) is 17.7 Å². The Morgan fingerprint density at radius 3 is 2.62 bits per heavy atom. The minimum atomic E-state index is 0.0907. The Morgan fingerprint density at radius 2 is 2.00 bits per heavy atom. The van der Waals surface area contributed by atoms with E-state index in [0.717, 1.165) is 42.9 Å². The first-order valence-corrected chi connectivity index (χ1v) is 7.64. The lowest BCUT2D eigenvalue weighted by atomic mass is 10.1. The molecule has 0 radical (unpaired) electrons. The highest BCUT2D eigenvalue weighted by molar-refractivity contribution is 5.78. The van der Waals surface area contributed by atoms with E-state index in [2.05, 4.69) is 24.4 Å². The summed E-state index contributed by atoms with van der Waals surface area (Å²) in [7, 11) is 1.95. The maximum atomic E-state index is 12.2. The molecule has 0 aliphatic carbocycles. The summed E-state index contributed by atoms with van der Waals surface area (Å²) in [6.07, 6.45) is 1.08. The molecular formula is C17H26N2O2. The van der Waals surface area contributed by atoms with Crippen LogP contribution in [0.15, 0.2) is 12.1 Å². The summed E-state index contributed by atoms with van der Waals surface area (Å²) in [6.45, 7) is 8.92. The minimum absolute atomic E-state index is 0.0907. The fourth-order valence-corrected chi connectivity index (χ4v) is 3.13. The van der Waals surface area contributed by atoms with Crippen molar-refractivity contribution in [3.63, 3.8) is 0 Å². The number of nitrogens with zero attached hydrogens (tertiary/aromatic N) is 1. The second kappa shape index (κ2) is 6.94. The Hall–Kier alpha value is -1.55. The summed E-state index contributed by atoms with van der Waals surface area (Å²) in [5.74, 6) is 1.51. The van der Waals surface area contributed by atoms with Gasteiger partial charge in [-0.2, -0.15) is 0 Å². The first kappa shape index (κ1) is 15.8. The predicted molar refractivity (Wildman–Crippen MR) is 84.8 cm³/mol. The van der Waals surface area contributed by atoms with Gasteiger partial charge in [0.25, 0.3) is 5.91 Å². The van der Waals surface area contributed by atoms with Gasteiger partial charge in [0.2, 0.25) is 0 Å². The van der Waals surface area contributed by atoms with E-state index in [-0.39, 0.29) is 12.5 Å². The van der Waals surface area contributed by atoms with Crippen molar-refractivity contribution in [2.75, 3.05) is 33.3 Å². The Labute approximate surface area is 127 Å². The molecule has 1 saturated heterocycles. The number of carbonyl (C=O) groups excluding carboxylic acids is 1. The summed E-state index contributed by atoms with van der Waals surface area (Å²) >= 11 is 0. The zero-order chi connectivity index (χ0) is 15.4. The van der Waals surface area contributed by atoms with Gasteiger partial charge in [0.05, 0.1) is 0 Å². The molecule has 1 fully saturated rings. The lowest BCUT2D eigenvalue weighted by Crippen LogP contribution is -2.34. The molecule has 2 rings (SSSR count). The highest BCUT2D eigenvalue weighted by Gasteiger charge is 2.26. The third-order valence-electron chi connectivity index (χ3n) is 4.08. The van der Waals surface area contributed by atoms with Crippen LogP contribution < -0.4 is 10.1 Å². The second-order valence-corrected chi connectivity index (χ2v) is 6.07. The SMILES string of the molecule is CNC[C@@H]1CCN(C(=O)COc2c(C)cc(C)cc2C)C1. The number of aryl methyl sites for hydroxylation is 3. The fraction of sp³-hybridized carbons (Fsp3) is 0.588. The van der Waals surface area contributed by atoms with Crippen LogP contribution in [0.25, 0.3) is 0 Å². The van der Waals surface area contributed by atoms with E-state index in [4.69, 9.17) is 4.74 Å². The Kier molecular flexibility index (Phi) is 5.23. The number of benzene rings is 1. The maximum absolute atomic E-state index is 12.2. The molecule has 1 heterocycles. The number of rotatable bonds is 5. The van der Waals surface area contributed by atoms with Gasteiger partial charge in [0.1, 0.15) is 5.75 Å². The lowest BCUT2D eigenvalue weighted by molar-refractivity contribution is -0.132. The van der Waals surface area contributed by atoms with Crippen molar-refractivity contribution in [3.05, 3.63) is 28.8 Å². The van der Waals surface area contributed by atoms with Crippen molar-refractivity contribution in [2.24, 2.45) is 5.92 Å². The monoisotopic (exact) mass is 290 g/mol. The van der Waals surface area contributed by atoms with Crippen molar-refractivity contribution in [2.45, 2.75) is 27.2 Å². The minimum Gasteiger partial charge on any atom is -0.483 e. The standard InChI is InChI=1S/C17H26N2O2/c1-12-7-13(2)17(14(3)8-12)21-11-16(20)19-6-5-15(10-19)9-18-4/h7-8,15,18H,5-6,9-11H2,1-4H3/t15-/m0/s1. The predicted octanol–water partition coefficient (Wildman–Crippen LogP) is 2.06. The zero-order valence-corrected chi connectivity index (χ0v) is 13.5. The summed E-state index contributed by atoms with van der Waals surface area (Å²) in [4.78, 5) is 14.2. The number of carbonyl (C=O) groups is 1. The van der Waals surface area contributed by atoms with Gasteiger partial charge in [-0.3, -0.25) is 4.79 Å². The average molecular weight is 290 g/mol. The van der Waals surface area contributed by atoms with Crippen LogP contribution >= 0.6 is 0 Å². The lowest BCUT2D eigenvalue weighted by Gasteiger charge is -2.18. The molecule has 1 aromatic rings. The molecule has 0 aromatic heterocycles. The molecule has 0 bridgehead atoms. The van der Waals surface area contributed by atoms with E-state index < -0.39 is 0 Å². The molecular weight excluding hydrogens is 264 g/mol. The van der Waals surface area contributed by atoms with E-state index in [0.29, 0.717) is 5.92 Å². The molecule has 116 valence electrons. The average Bonchev–Trinajstić information content (AvgIpc) is 2.86. The van der Waals surface area contributed by atoms with Gasteiger partial charge in [-0.15, -0.1) is 0 Å². The van der Waals surface area contributed by atoms with Crippen LogP contribution in [0.5, 0.6) is 5.75 Å². The normalized spacial score (nSPS) is 18.1. The third kappa shape index (κ3) is 3.97. The number of nitrogens with one attached hydrogen (secondary N) is 1. The van der Waals surface area contributed by atoms with Crippen LogP contribution in [0, 0.1) is 26.7 Å². The molecule has 4 heteroatoms. The second-order valence-electron chi connectivity index (χ2n) is 6.07. The first-order valence-electron chi connectivity index (χ1n) is 7.64. The summed E-state index contributed by atoms with van der Waals surface area (Å²) < 4.78 is 5.79. The van der Waals surface area contributed by atoms with E-state index in [1.165, 1.54) is 5.56 Å². The first-order chi connectivity index (χ1) is 10.0. The van der Waals surface area contributed by atoms with E-state index in [9.17, 15) is 4.79 Å². The Bertz CT molecular complexity index is 491. The van der Waals surface area contributed by atoms with Crippen molar-refractivity contribution in [1.82, 2.24) is 10.2 Å². The fourth-order valence-electron chi connectivity index (χ4n) is 3.13. The van der Waals surface area contributed by atoms with Gasteiger partial charge < -0.3 is 15.0 Å². The molecule has 1 aromatic carbocycles. The zero-order valence-electron chi connectivity index (χ0n) is 13.5. The molecule has 0 spiro atoms. The maximum Gasteiger partial charge on any atom is 0.260 e. The number of likely N-dealkylation sites (tertiary alicyclic amines) is 1. The van der Waals surface area contributed by atoms with E-state index >= 15 is 0 Å². The summed E-state index contributed by atoms with van der Waals surface area (Å²) in [6, 6.07) is 4.18. The number of hydrogen-bond acceptors (Lipinski definition) is 3. The van der Waals surface area contributed by atoms with Gasteiger partial charge >= 0.3 is 0 Å². The number of ether oxygens (including phenoxy) is 1. The quantitative estimate of drug-likeness (QED) is 0.902. The molecule has 1 atom stereocenters. The summed E-state index contributed by atoms with van der Waals surface area (Å²) in [5.41, 5.74) is 3.41. The van der Waals surface area contributed by atoms with Crippen LogP contribution in [0.2, 0.25) is 0 Å². The number of hydrogen-bond donors (Lipinski definition) is 1. The van der Waals surface area contributed by atoms with Crippen molar-refractivity contribution in [3.8, 4) is 5.75 Å². The van der Waals surface area contributed by atoms with Crippen molar-refractivity contribution >= 4 is 5.91 Å². The molecule has 0 unspecified atom stereocenters. The van der Waals surface area contributed by atoms with Gasteiger partial charge in [0, 0.05) is 13.1 Å². The largest absolute Gasteiger partial charge is 0.483 e. The van der Waals surface area contributed by atoms with Crippen LogP contribution in [0.4, 0.5) is 0 Å². The molecule has 1 aliphatic rings. The highest BCUT2D eigenvalue weighted by atomic mass is 16.5. The van der Waals surface area contributed by atoms with E-state index in [1.54, 1.807) is 0 Å². The topological polar surface area (TPSA) is 41.6 Å². The van der Waals surface area contributed by atoms with Crippen LogP contribution in [0.1, 0.15) is 23.1 Å². The smallest absolute Gasteiger partial charge is 0.260 e. The van der Waals surface area contributed by atoms with Gasteiger partial charge in [0.15, 0.2) is 6.61 Å². The van der Waals surface area contributed by atoms with Crippen molar-refractivity contribution in [1.29, 1.82) is 0 Å². The summed E-state index contributed by atoms with van der Waals surface area (Å²) in [5, 5.41) is 3.18. The molecule has 1 amide bonds. The Morgan fingerprint density at radius 1 is 1.33 bits per heavy atom. The molecule has 21 heavy (non-hydrogen) atoms. The van der Waals surface area contributed by atoms with Crippen molar-refractivity contribution < 1.29 is 9.53 Å². The molecule has 4 nitrogen and oxygen atoms in total.